The average molecular weight is 452 g/mol. The van der Waals surface area contributed by atoms with E-state index >= 15 is 0 Å². The largest absolute Gasteiger partial charge is 0.354 e. The summed E-state index contributed by atoms with van der Waals surface area (Å²) in [6.45, 7) is 4.73. The third kappa shape index (κ3) is 6.67. The van der Waals surface area contributed by atoms with Crippen LogP contribution in [-0.4, -0.2) is 29.3 Å². The molecular weight excluding hydrogens is 428 g/mol. The number of amides is 2. The van der Waals surface area contributed by atoms with Gasteiger partial charge in [0.05, 0.1) is 6.42 Å². The Labute approximate surface area is 174 Å². The number of benzene rings is 2. The molecule has 0 heterocycles. The van der Waals surface area contributed by atoms with Crippen molar-refractivity contribution in [3.63, 3.8) is 0 Å². The Balaban J connectivity index is 2.20. The fourth-order valence-electron chi connectivity index (χ4n) is 2.69. The zero-order chi connectivity index (χ0) is 19.8. The molecule has 6 heteroatoms. The summed E-state index contributed by atoms with van der Waals surface area (Å²) in [5.74, 6) is -0.243. The first kappa shape index (κ1) is 21.5. The van der Waals surface area contributed by atoms with Crippen molar-refractivity contribution >= 4 is 39.3 Å². The van der Waals surface area contributed by atoms with E-state index in [4.69, 9.17) is 11.6 Å². The quantitative estimate of drug-likeness (QED) is 0.638. The average Bonchev–Trinajstić information content (AvgIpc) is 2.65. The number of carbonyl (C=O) groups excluding carboxylic acids is 2. The van der Waals surface area contributed by atoms with Gasteiger partial charge in [-0.3, -0.25) is 9.59 Å². The van der Waals surface area contributed by atoms with Gasteiger partial charge in [0, 0.05) is 22.6 Å². The molecule has 2 rings (SSSR count). The maximum atomic E-state index is 13.0. The number of hydrogen-bond acceptors (Lipinski definition) is 2. The molecule has 27 heavy (non-hydrogen) atoms. The molecule has 2 aromatic carbocycles. The van der Waals surface area contributed by atoms with E-state index in [1.165, 1.54) is 0 Å². The van der Waals surface area contributed by atoms with E-state index in [1.54, 1.807) is 24.0 Å². The van der Waals surface area contributed by atoms with E-state index in [-0.39, 0.29) is 18.2 Å². The van der Waals surface area contributed by atoms with Crippen molar-refractivity contribution < 1.29 is 9.59 Å². The lowest BCUT2D eigenvalue weighted by Gasteiger charge is -2.29. The lowest BCUT2D eigenvalue weighted by molar-refractivity contribution is -0.140. The summed E-state index contributed by atoms with van der Waals surface area (Å²) in [4.78, 5) is 27.1. The van der Waals surface area contributed by atoms with E-state index in [0.29, 0.717) is 18.1 Å². The molecule has 0 aliphatic carbocycles. The van der Waals surface area contributed by atoms with E-state index in [2.05, 4.69) is 21.2 Å². The van der Waals surface area contributed by atoms with Crippen molar-refractivity contribution in [2.24, 2.45) is 0 Å². The van der Waals surface area contributed by atoms with Crippen LogP contribution in [0.1, 0.15) is 31.4 Å². The highest BCUT2D eigenvalue weighted by molar-refractivity contribution is 9.10. The van der Waals surface area contributed by atoms with E-state index in [9.17, 15) is 9.59 Å². The monoisotopic (exact) mass is 450 g/mol. The van der Waals surface area contributed by atoms with Crippen LogP contribution in [0, 0.1) is 0 Å². The normalized spacial score (nSPS) is 11.7. The Morgan fingerprint density at radius 2 is 1.85 bits per heavy atom. The molecule has 4 nitrogen and oxygen atoms in total. The van der Waals surface area contributed by atoms with Gasteiger partial charge in [-0.1, -0.05) is 58.7 Å². The molecule has 0 unspecified atom stereocenters. The lowest BCUT2D eigenvalue weighted by atomic mass is 10.1. The SMILES string of the molecule is CCCNC(=O)[C@@H](C)N(Cc1cccc(Br)c1)C(=O)Cc1ccc(Cl)cc1. The molecule has 1 N–H and O–H groups in total. The van der Waals surface area contributed by atoms with Crippen molar-refractivity contribution in [1.29, 1.82) is 0 Å². The van der Waals surface area contributed by atoms with Crippen LogP contribution >= 0.6 is 27.5 Å². The number of nitrogens with zero attached hydrogens (tertiary/aromatic N) is 1. The van der Waals surface area contributed by atoms with Crippen molar-refractivity contribution in [3.8, 4) is 0 Å². The highest BCUT2D eigenvalue weighted by Crippen LogP contribution is 2.17. The third-order valence-electron chi connectivity index (χ3n) is 4.23. The summed E-state index contributed by atoms with van der Waals surface area (Å²) in [5.41, 5.74) is 1.83. The summed E-state index contributed by atoms with van der Waals surface area (Å²) >= 11 is 9.38. The molecule has 0 saturated carbocycles. The second-order valence-corrected chi connectivity index (χ2v) is 7.77. The zero-order valence-electron chi connectivity index (χ0n) is 15.5. The first-order chi connectivity index (χ1) is 12.9. The number of nitrogens with one attached hydrogen (secondary N) is 1. The van der Waals surface area contributed by atoms with Crippen molar-refractivity contribution in [2.75, 3.05) is 6.54 Å². The number of hydrogen-bond donors (Lipinski definition) is 1. The summed E-state index contributed by atoms with van der Waals surface area (Å²) in [7, 11) is 0. The Bertz CT molecular complexity index is 780. The predicted molar refractivity (Wildman–Crippen MR) is 113 cm³/mol. The van der Waals surface area contributed by atoms with Gasteiger partial charge in [0.15, 0.2) is 0 Å². The molecule has 0 radical (unpaired) electrons. The van der Waals surface area contributed by atoms with Crippen LogP contribution < -0.4 is 5.32 Å². The van der Waals surface area contributed by atoms with Gasteiger partial charge < -0.3 is 10.2 Å². The third-order valence-corrected chi connectivity index (χ3v) is 4.97. The van der Waals surface area contributed by atoms with Crippen LogP contribution in [0.4, 0.5) is 0 Å². The maximum Gasteiger partial charge on any atom is 0.242 e. The molecule has 0 aromatic heterocycles. The molecule has 0 aliphatic rings. The molecule has 1 atom stereocenters. The Kier molecular flexibility index (Phi) is 8.32. The van der Waals surface area contributed by atoms with Crippen LogP contribution in [0.3, 0.4) is 0 Å². The van der Waals surface area contributed by atoms with Gasteiger partial charge in [0.1, 0.15) is 6.04 Å². The van der Waals surface area contributed by atoms with Crippen LogP contribution in [0.5, 0.6) is 0 Å². The molecule has 0 bridgehead atoms. The molecule has 0 saturated heterocycles. The first-order valence-corrected chi connectivity index (χ1v) is 10.1. The minimum absolute atomic E-state index is 0.101. The van der Waals surface area contributed by atoms with Gasteiger partial charge in [0.2, 0.25) is 11.8 Å². The minimum atomic E-state index is -0.560. The maximum absolute atomic E-state index is 13.0. The minimum Gasteiger partial charge on any atom is -0.354 e. The second kappa shape index (κ2) is 10.5. The summed E-state index contributed by atoms with van der Waals surface area (Å²) in [5, 5.41) is 3.51. The molecule has 144 valence electrons. The number of rotatable bonds is 8. The van der Waals surface area contributed by atoms with Crippen LogP contribution in [0.15, 0.2) is 53.0 Å². The van der Waals surface area contributed by atoms with Gasteiger partial charge >= 0.3 is 0 Å². The Morgan fingerprint density at radius 1 is 1.15 bits per heavy atom. The van der Waals surface area contributed by atoms with Crippen molar-refractivity contribution in [1.82, 2.24) is 10.2 Å². The second-order valence-electron chi connectivity index (χ2n) is 6.42. The van der Waals surface area contributed by atoms with Gasteiger partial charge in [-0.15, -0.1) is 0 Å². The lowest BCUT2D eigenvalue weighted by Crippen LogP contribution is -2.48. The molecule has 2 amide bonds. The van der Waals surface area contributed by atoms with Crippen molar-refractivity contribution in [3.05, 3.63) is 69.2 Å². The van der Waals surface area contributed by atoms with Crippen molar-refractivity contribution in [2.45, 2.75) is 39.3 Å². The molecule has 0 spiro atoms. The summed E-state index contributed by atoms with van der Waals surface area (Å²) in [6, 6.07) is 14.4. The first-order valence-electron chi connectivity index (χ1n) is 8.96. The van der Waals surface area contributed by atoms with Gasteiger partial charge in [0.25, 0.3) is 0 Å². The Morgan fingerprint density at radius 3 is 2.48 bits per heavy atom. The summed E-state index contributed by atoms with van der Waals surface area (Å²) < 4.78 is 0.938. The van der Waals surface area contributed by atoms with Gasteiger partial charge in [-0.05, 0) is 48.7 Å². The number of halogens is 2. The fraction of sp³-hybridized carbons (Fsp3) is 0.333. The summed E-state index contributed by atoms with van der Waals surface area (Å²) in [6.07, 6.45) is 1.07. The highest BCUT2D eigenvalue weighted by atomic mass is 79.9. The molecular formula is C21H24BrClN2O2. The highest BCUT2D eigenvalue weighted by Gasteiger charge is 2.26. The molecule has 0 aliphatic heterocycles. The molecule has 2 aromatic rings. The number of carbonyl (C=O) groups is 2. The smallest absolute Gasteiger partial charge is 0.242 e. The predicted octanol–water partition coefficient (Wildman–Crippen LogP) is 4.59. The van der Waals surface area contributed by atoms with Crippen LogP contribution in [0.2, 0.25) is 5.02 Å². The van der Waals surface area contributed by atoms with E-state index in [1.807, 2.05) is 43.3 Å². The fourth-order valence-corrected chi connectivity index (χ4v) is 3.26. The van der Waals surface area contributed by atoms with Gasteiger partial charge in [-0.2, -0.15) is 0 Å². The van der Waals surface area contributed by atoms with Gasteiger partial charge in [-0.25, -0.2) is 0 Å². The molecule has 0 fully saturated rings. The topological polar surface area (TPSA) is 49.4 Å². The van der Waals surface area contributed by atoms with Crippen LogP contribution in [-0.2, 0) is 22.6 Å². The Hall–Kier alpha value is -1.85. The van der Waals surface area contributed by atoms with Crippen LogP contribution in [0.25, 0.3) is 0 Å². The zero-order valence-corrected chi connectivity index (χ0v) is 17.9. The van der Waals surface area contributed by atoms with E-state index < -0.39 is 6.04 Å². The standard InChI is InChI=1S/C21H24BrClN2O2/c1-3-11-24-21(27)15(2)25(14-17-5-4-6-18(22)12-17)20(26)13-16-7-9-19(23)10-8-16/h4-10,12,15H,3,11,13-14H2,1-2H3,(H,24,27)/t15-/m1/s1. The van der Waals surface area contributed by atoms with E-state index in [0.717, 1.165) is 22.0 Å².